The molecule has 0 aliphatic heterocycles. The maximum atomic E-state index is 12.7. The van der Waals surface area contributed by atoms with Gasteiger partial charge in [0.2, 0.25) is 0 Å². The van der Waals surface area contributed by atoms with E-state index in [0.717, 1.165) is 24.4 Å². The number of nitrogens with one attached hydrogen (secondary N) is 1. The molecule has 0 unspecified atom stereocenters. The standard InChI is InChI=1S/C16H18FNO/c1-13-4-2-5-16(12-13)19-11-3-10-18-15-8-6-14(17)7-9-15/h2,4-9,12,18H,3,10-11H2,1H3. The number of ether oxygens (including phenoxy) is 1. The van der Waals surface area contributed by atoms with E-state index in [1.54, 1.807) is 12.1 Å². The van der Waals surface area contributed by atoms with Crippen molar-refractivity contribution in [2.75, 3.05) is 18.5 Å². The third-order valence-corrected chi connectivity index (χ3v) is 2.75. The Morgan fingerprint density at radius 3 is 2.63 bits per heavy atom. The summed E-state index contributed by atoms with van der Waals surface area (Å²) in [6.45, 7) is 3.51. The fourth-order valence-electron chi connectivity index (χ4n) is 1.77. The molecule has 0 saturated carbocycles. The van der Waals surface area contributed by atoms with E-state index in [2.05, 4.69) is 5.32 Å². The molecule has 3 heteroatoms. The van der Waals surface area contributed by atoms with Crippen molar-refractivity contribution in [3.05, 3.63) is 59.9 Å². The molecule has 0 aromatic heterocycles. The Bertz CT molecular complexity index is 510. The molecule has 1 N–H and O–H groups in total. The zero-order valence-electron chi connectivity index (χ0n) is 11.0. The minimum atomic E-state index is -0.215. The second kappa shape index (κ2) is 6.78. The van der Waals surface area contributed by atoms with Crippen molar-refractivity contribution in [1.82, 2.24) is 0 Å². The topological polar surface area (TPSA) is 21.3 Å². The quantitative estimate of drug-likeness (QED) is 0.791. The molecule has 0 aliphatic carbocycles. The first-order chi connectivity index (χ1) is 9.24. The summed E-state index contributed by atoms with van der Waals surface area (Å²) in [4.78, 5) is 0. The highest BCUT2D eigenvalue weighted by molar-refractivity contribution is 5.42. The van der Waals surface area contributed by atoms with E-state index < -0.39 is 0 Å². The van der Waals surface area contributed by atoms with Crippen LogP contribution in [0.3, 0.4) is 0 Å². The SMILES string of the molecule is Cc1cccc(OCCCNc2ccc(F)cc2)c1. The lowest BCUT2D eigenvalue weighted by atomic mass is 10.2. The summed E-state index contributed by atoms with van der Waals surface area (Å²) in [5.74, 6) is 0.690. The van der Waals surface area contributed by atoms with Gasteiger partial charge in [-0.2, -0.15) is 0 Å². The molecule has 0 bridgehead atoms. The monoisotopic (exact) mass is 259 g/mol. The summed E-state index contributed by atoms with van der Waals surface area (Å²) in [6, 6.07) is 14.4. The molecule has 0 radical (unpaired) electrons. The van der Waals surface area contributed by atoms with Gasteiger partial charge in [0.05, 0.1) is 6.61 Å². The molecule has 2 nitrogen and oxygen atoms in total. The molecule has 0 spiro atoms. The highest BCUT2D eigenvalue weighted by Gasteiger charge is 1.95. The van der Waals surface area contributed by atoms with Crippen molar-refractivity contribution < 1.29 is 9.13 Å². The number of hydrogen-bond acceptors (Lipinski definition) is 2. The van der Waals surface area contributed by atoms with Gasteiger partial charge in [0.15, 0.2) is 0 Å². The summed E-state index contributed by atoms with van der Waals surface area (Å²) < 4.78 is 18.3. The van der Waals surface area contributed by atoms with Gasteiger partial charge in [-0.05, 0) is 55.3 Å². The van der Waals surface area contributed by atoms with Gasteiger partial charge in [-0.15, -0.1) is 0 Å². The summed E-state index contributed by atoms with van der Waals surface area (Å²) >= 11 is 0. The van der Waals surface area contributed by atoms with E-state index in [1.165, 1.54) is 17.7 Å². The van der Waals surface area contributed by atoms with Crippen LogP contribution in [-0.4, -0.2) is 13.2 Å². The van der Waals surface area contributed by atoms with Gasteiger partial charge in [0.25, 0.3) is 0 Å². The van der Waals surface area contributed by atoms with Gasteiger partial charge < -0.3 is 10.1 Å². The fraction of sp³-hybridized carbons (Fsp3) is 0.250. The average molecular weight is 259 g/mol. The first kappa shape index (κ1) is 13.4. The lowest BCUT2D eigenvalue weighted by molar-refractivity contribution is 0.315. The molecule has 0 saturated heterocycles. The number of anilines is 1. The third kappa shape index (κ3) is 4.62. The molecule has 0 fully saturated rings. The first-order valence-electron chi connectivity index (χ1n) is 6.43. The maximum absolute atomic E-state index is 12.7. The van der Waals surface area contributed by atoms with Crippen molar-refractivity contribution >= 4 is 5.69 Å². The van der Waals surface area contributed by atoms with E-state index >= 15 is 0 Å². The Kier molecular flexibility index (Phi) is 4.78. The Balaban J connectivity index is 1.66. The van der Waals surface area contributed by atoms with Gasteiger partial charge in [0, 0.05) is 12.2 Å². The van der Waals surface area contributed by atoms with Crippen LogP contribution < -0.4 is 10.1 Å². The van der Waals surface area contributed by atoms with Crippen molar-refractivity contribution in [3.8, 4) is 5.75 Å². The number of rotatable bonds is 6. The van der Waals surface area contributed by atoms with Gasteiger partial charge in [-0.3, -0.25) is 0 Å². The Morgan fingerprint density at radius 2 is 1.89 bits per heavy atom. The second-order valence-corrected chi connectivity index (χ2v) is 4.45. The molecule has 2 aromatic rings. The van der Waals surface area contributed by atoms with Gasteiger partial charge in [-0.25, -0.2) is 4.39 Å². The van der Waals surface area contributed by atoms with Crippen molar-refractivity contribution in [3.63, 3.8) is 0 Å². The Hall–Kier alpha value is -2.03. The minimum absolute atomic E-state index is 0.215. The molecule has 0 aliphatic rings. The van der Waals surface area contributed by atoms with Crippen LogP contribution in [-0.2, 0) is 0 Å². The zero-order valence-corrected chi connectivity index (χ0v) is 11.0. The average Bonchev–Trinajstić information content (AvgIpc) is 2.41. The molecular weight excluding hydrogens is 241 g/mol. The summed E-state index contributed by atoms with van der Waals surface area (Å²) in [6.07, 6.45) is 0.894. The van der Waals surface area contributed by atoms with Crippen LogP contribution in [0.15, 0.2) is 48.5 Å². The van der Waals surface area contributed by atoms with Crippen molar-refractivity contribution in [2.24, 2.45) is 0 Å². The zero-order chi connectivity index (χ0) is 13.5. The molecule has 2 aromatic carbocycles. The first-order valence-corrected chi connectivity index (χ1v) is 6.43. The highest BCUT2D eigenvalue weighted by Crippen LogP contribution is 2.12. The highest BCUT2D eigenvalue weighted by atomic mass is 19.1. The van der Waals surface area contributed by atoms with E-state index in [4.69, 9.17) is 4.74 Å². The number of halogens is 1. The van der Waals surface area contributed by atoms with Crippen LogP contribution in [0.5, 0.6) is 5.75 Å². The summed E-state index contributed by atoms with van der Waals surface area (Å²) in [5, 5.41) is 3.22. The molecular formula is C16H18FNO. The normalized spacial score (nSPS) is 10.2. The van der Waals surface area contributed by atoms with E-state index in [1.807, 2.05) is 31.2 Å². The van der Waals surface area contributed by atoms with Crippen molar-refractivity contribution in [2.45, 2.75) is 13.3 Å². The van der Waals surface area contributed by atoms with E-state index in [0.29, 0.717) is 6.61 Å². The largest absolute Gasteiger partial charge is 0.494 e. The molecule has 19 heavy (non-hydrogen) atoms. The lowest BCUT2D eigenvalue weighted by Crippen LogP contribution is -2.07. The minimum Gasteiger partial charge on any atom is -0.494 e. The van der Waals surface area contributed by atoms with Crippen molar-refractivity contribution in [1.29, 1.82) is 0 Å². The van der Waals surface area contributed by atoms with Crippen LogP contribution in [0.2, 0.25) is 0 Å². The lowest BCUT2D eigenvalue weighted by Gasteiger charge is -2.08. The van der Waals surface area contributed by atoms with Gasteiger partial charge in [-0.1, -0.05) is 12.1 Å². The molecule has 100 valence electrons. The predicted molar refractivity (Wildman–Crippen MR) is 76.2 cm³/mol. The maximum Gasteiger partial charge on any atom is 0.123 e. The molecule has 0 amide bonds. The van der Waals surface area contributed by atoms with Gasteiger partial charge in [0.1, 0.15) is 11.6 Å². The summed E-state index contributed by atoms with van der Waals surface area (Å²) in [5.41, 5.74) is 2.12. The summed E-state index contributed by atoms with van der Waals surface area (Å²) in [7, 11) is 0. The number of aryl methyl sites for hydroxylation is 1. The number of benzene rings is 2. The molecule has 2 rings (SSSR count). The fourth-order valence-corrected chi connectivity index (χ4v) is 1.77. The predicted octanol–water partition coefficient (Wildman–Crippen LogP) is 4.02. The van der Waals surface area contributed by atoms with Crippen LogP contribution in [0.1, 0.15) is 12.0 Å². The molecule has 0 atom stereocenters. The van der Waals surface area contributed by atoms with E-state index in [9.17, 15) is 4.39 Å². The Labute approximate surface area is 113 Å². The number of hydrogen-bond donors (Lipinski definition) is 1. The second-order valence-electron chi connectivity index (χ2n) is 4.45. The molecule has 0 heterocycles. The Morgan fingerprint density at radius 1 is 1.11 bits per heavy atom. The smallest absolute Gasteiger partial charge is 0.123 e. The van der Waals surface area contributed by atoms with Crippen LogP contribution >= 0.6 is 0 Å². The van der Waals surface area contributed by atoms with Gasteiger partial charge >= 0.3 is 0 Å². The van der Waals surface area contributed by atoms with Crippen LogP contribution in [0.4, 0.5) is 10.1 Å². The van der Waals surface area contributed by atoms with Crippen LogP contribution in [0, 0.1) is 12.7 Å². The third-order valence-electron chi connectivity index (χ3n) is 2.75. The van der Waals surface area contributed by atoms with E-state index in [-0.39, 0.29) is 5.82 Å². The van der Waals surface area contributed by atoms with Crippen LogP contribution in [0.25, 0.3) is 0 Å².